The van der Waals surface area contributed by atoms with E-state index in [9.17, 15) is 9.59 Å². The van der Waals surface area contributed by atoms with Crippen LogP contribution in [0.2, 0.25) is 0 Å². The van der Waals surface area contributed by atoms with Gasteiger partial charge in [0, 0.05) is 5.38 Å². The number of Topliss-reactive ketones (excluding diaryl/α,β-unsaturated/α-hetero) is 1. The molecule has 27 heavy (non-hydrogen) atoms. The van der Waals surface area contributed by atoms with E-state index in [1.807, 2.05) is 23.0 Å². The number of nitrogens with zero attached hydrogens (tertiary/aromatic N) is 3. The summed E-state index contributed by atoms with van der Waals surface area (Å²) in [5, 5.41) is 15.5. The van der Waals surface area contributed by atoms with Crippen LogP contribution in [0.15, 0.2) is 23.0 Å². The van der Waals surface area contributed by atoms with E-state index in [2.05, 4.69) is 15.6 Å². The van der Waals surface area contributed by atoms with E-state index in [4.69, 9.17) is 0 Å². The van der Waals surface area contributed by atoms with E-state index >= 15 is 0 Å². The van der Waals surface area contributed by atoms with Gasteiger partial charge in [0.2, 0.25) is 0 Å². The molecule has 1 N–H and O–H groups in total. The van der Waals surface area contributed by atoms with Crippen molar-refractivity contribution >= 4 is 23.0 Å². The Bertz CT molecular complexity index is 804. The summed E-state index contributed by atoms with van der Waals surface area (Å²) in [4.78, 5) is 24.6. The molecule has 2 aliphatic carbocycles. The van der Waals surface area contributed by atoms with E-state index in [1.165, 1.54) is 43.4 Å². The molecule has 1 atom stereocenters. The fourth-order valence-corrected chi connectivity index (χ4v) is 4.79. The van der Waals surface area contributed by atoms with Crippen molar-refractivity contribution in [1.82, 2.24) is 20.3 Å². The van der Waals surface area contributed by atoms with Crippen LogP contribution in [0.25, 0.3) is 0 Å². The minimum absolute atomic E-state index is 0.0701. The topological polar surface area (TPSA) is 76.9 Å². The van der Waals surface area contributed by atoms with Gasteiger partial charge in [0.25, 0.3) is 5.91 Å². The molecule has 2 aliphatic rings. The Balaban J connectivity index is 1.54. The lowest BCUT2D eigenvalue weighted by Crippen LogP contribution is -2.30. The number of hydrogen-bond acceptors (Lipinski definition) is 5. The number of thiophene rings is 1. The van der Waals surface area contributed by atoms with Gasteiger partial charge in [0.05, 0.1) is 17.8 Å². The number of carbonyl (C=O) groups is 2. The molecule has 2 fully saturated rings. The molecular weight excluding hydrogens is 360 g/mol. The molecule has 0 unspecified atom stereocenters. The third-order valence-corrected chi connectivity index (χ3v) is 6.75. The van der Waals surface area contributed by atoms with Crippen LogP contribution in [0, 0.1) is 5.92 Å². The average Bonchev–Trinajstić information content (AvgIpc) is 3.10. The predicted molar refractivity (Wildman–Crippen MR) is 104 cm³/mol. The molecule has 4 rings (SSSR count). The Kier molecular flexibility index (Phi) is 5.12. The Morgan fingerprint density at radius 1 is 1.33 bits per heavy atom. The lowest BCUT2D eigenvalue weighted by molar-refractivity contribution is -0.121. The molecule has 2 saturated carbocycles. The van der Waals surface area contributed by atoms with Crippen molar-refractivity contribution < 1.29 is 9.59 Å². The highest BCUT2D eigenvalue weighted by Crippen LogP contribution is 2.44. The molecule has 0 aliphatic heterocycles. The summed E-state index contributed by atoms with van der Waals surface area (Å²) in [6, 6.07) is 1.67. The van der Waals surface area contributed by atoms with Gasteiger partial charge in [-0.05, 0) is 43.6 Å². The normalized spacial score (nSPS) is 20.2. The molecular formula is C20H26N4O2S. The third kappa shape index (κ3) is 3.83. The monoisotopic (exact) mass is 386 g/mol. The average molecular weight is 387 g/mol. The van der Waals surface area contributed by atoms with Crippen molar-refractivity contribution in [3.8, 4) is 0 Å². The van der Waals surface area contributed by atoms with Crippen LogP contribution in [0.3, 0.4) is 0 Å². The van der Waals surface area contributed by atoms with Gasteiger partial charge >= 0.3 is 0 Å². The lowest BCUT2D eigenvalue weighted by atomic mass is 9.84. The standard InChI is InChI=1S/C20H26N4O2S/c1-14(25)20(8-9-20)24-12-18(22-23-24)17(11-15-5-3-2-4-6-15)21-19(26)16-7-10-27-13-16/h7,10,12-13,15,17H,2-6,8-9,11H2,1H3,(H,21,26)/t17-/m0/s1. The van der Waals surface area contributed by atoms with Gasteiger partial charge in [-0.3, -0.25) is 9.59 Å². The highest BCUT2D eigenvalue weighted by atomic mass is 32.1. The first-order chi connectivity index (χ1) is 13.1. The number of amides is 1. The first-order valence-electron chi connectivity index (χ1n) is 9.85. The maximum atomic E-state index is 12.6. The van der Waals surface area contributed by atoms with Crippen LogP contribution in [-0.2, 0) is 10.3 Å². The number of ketones is 1. The van der Waals surface area contributed by atoms with Gasteiger partial charge in [-0.2, -0.15) is 11.3 Å². The summed E-state index contributed by atoms with van der Waals surface area (Å²) in [5.41, 5.74) is 0.943. The van der Waals surface area contributed by atoms with Gasteiger partial charge in [0.15, 0.2) is 5.78 Å². The minimum Gasteiger partial charge on any atom is -0.343 e. The zero-order chi connectivity index (χ0) is 18.9. The van der Waals surface area contributed by atoms with E-state index in [0.29, 0.717) is 11.5 Å². The highest BCUT2D eigenvalue weighted by Gasteiger charge is 2.50. The van der Waals surface area contributed by atoms with Gasteiger partial charge in [-0.25, -0.2) is 4.68 Å². The summed E-state index contributed by atoms with van der Waals surface area (Å²) in [6.45, 7) is 1.62. The van der Waals surface area contributed by atoms with Crippen molar-refractivity contribution in [1.29, 1.82) is 0 Å². The molecule has 0 radical (unpaired) electrons. The SMILES string of the molecule is CC(=O)C1(n2cc([C@H](CC3CCCCC3)NC(=O)c3ccsc3)nn2)CC1. The summed E-state index contributed by atoms with van der Waals surface area (Å²) in [5.74, 6) is 0.656. The third-order valence-electron chi connectivity index (χ3n) is 6.07. The predicted octanol–water partition coefficient (Wildman–Crippen LogP) is 3.86. The first kappa shape index (κ1) is 18.3. The Hall–Kier alpha value is -2.02. The number of carbonyl (C=O) groups excluding carboxylic acids is 2. The van der Waals surface area contributed by atoms with Gasteiger partial charge in [-0.1, -0.05) is 37.3 Å². The smallest absolute Gasteiger partial charge is 0.252 e. The lowest BCUT2D eigenvalue weighted by Gasteiger charge is -2.26. The van der Waals surface area contributed by atoms with Crippen LogP contribution in [-0.4, -0.2) is 26.7 Å². The van der Waals surface area contributed by atoms with Crippen molar-refractivity contribution in [2.45, 2.75) is 69.9 Å². The second kappa shape index (κ2) is 7.54. The zero-order valence-electron chi connectivity index (χ0n) is 15.7. The fourth-order valence-electron chi connectivity index (χ4n) is 4.15. The van der Waals surface area contributed by atoms with Gasteiger partial charge in [-0.15, -0.1) is 5.10 Å². The number of nitrogens with one attached hydrogen (secondary N) is 1. The van der Waals surface area contributed by atoms with Crippen molar-refractivity contribution in [2.75, 3.05) is 0 Å². The molecule has 0 bridgehead atoms. The molecule has 1 amide bonds. The minimum atomic E-state index is -0.502. The summed E-state index contributed by atoms with van der Waals surface area (Å²) < 4.78 is 1.72. The maximum absolute atomic E-state index is 12.6. The first-order valence-corrected chi connectivity index (χ1v) is 10.8. The van der Waals surface area contributed by atoms with E-state index in [1.54, 1.807) is 11.6 Å². The maximum Gasteiger partial charge on any atom is 0.252 e. The largest absolute Gasteiger partial charge is 0.343 e. The zero-order valence-corrected chi connectivity index (χ0v) is 16.5. The van der Waals surface area contributed by atoms with Crippen LogP contribution in [0.4, 0.5) is 0 Å². The number of aromatic nitrogens is 3. The van der Waals surface area contributed by atoms with E-state index < -0.39 is 5.54 Å². The van der Waals surface area contributed by atoms with Gasteiger partial charge < -0.3 is 5.32 Å². The van der Waals surface area contributed by atoms with E-state index in [0.717, 1.165) is 25.0 Å². The van der Waals surface area contributed by atoms with Crippen molar-refractivity contribution in [2.24, 2.45) is 5.92 Å². The van der Waals surface area contributed by atoms with Crippen LogP contribution in [0.1, 0.15) is 80.4 Å². The Morgan fingerprint density at radius 3 is 2.74 bits per heavy atom. The molecule has 0 spiro atoms. The Morgan fingerprint density at radius 2 is 2.11 bits per heavy atom. The summed E-state index contributed by atoms with van der Waals surface area (Å²) in [7, 11) is 0. The Labute approximate surface area is 163 Å². The molecule has 0 saturated heterocycles. The summed E-state index contributed by atoms with van der Waals surface area (Å²) in [6.07, 6.45) is 10.6. The summed E-state index contributed by atoms with van der Waals surface area (Å²) >= 11 is 1.52. The van der Waals surface area contributed by atoms with E-state index in [-0.39, 0.29) is 17.7 Å². The molecule has 6 nitrogen and oxygen atoms in total. The second-order valence-electron chi connectivity index (χ2n) is 7.95. The molecule has 144 valence electrons. The molecule has 2 aromatic heterocycles. The van der Waals surface area contributed by atoms with Gasteiger partial charge in [0.1, 0.15) is 11.2 Å². The fraction of sp³-hybridized carbons (Fsp3) is 0.600. The van der Waals surface area contributed by atoms with Crippen molar-refractivity contribution in [3.05, 3.63) is 34.3 Å². The quantitative estimate of drug-likeness (QED) is 0.784. The molecule has 2 heterocycles. The number of hydrogen-bond donors (Lipinski definition) is 1. The number of rotatable bonds is 7. The van der Waals surface area contributed by atoms with Crippen LogP contribution < -0.4 is 5.32 Å². The van der Waals surface area contributed by atoms with Crippen LogP contribution >= 0.6 is 11.3 Å². The molecule has 2 aromatic rings. The van der Waals surface area contributed by atoms with Crippen LogP contribution in [0.5, 0.6) is 0 Å². The highest BCUT2D eigenvalue weighted by molar-refractivity contribution is 7.08. The second-order valence-corrected chi connectivity index (χ2v) is 8.73. The molecule has 7 heteroatoms. The van der Waals surface area contributed by atoms with Crippen molar-refractivity contribution in [3.63, 3.8) is 0 Å². The molecule has 0 aromatic carbocycles.